The van der Waals surface area contributed by atoms with Crippen LogP contribution in [-0.4, -0.2) is 0 Å². The van der Waals surface area contributed by atoms with E-state index in [0.717, 1.165) is 0 Å². The highest BCUT2D eigenvalue weighted by molar-refractivity contribution is 6.24. The summed E-state index contributed by atoms with van der Waals surface area (Å²) in [6, 6.07) is 38.1. The van der Waals surface area contributed by atoms with Crippen LogP contribution >= 0.6 is 0 Å². The predicted molar refractivity (Wildman–Crippen MR) is 140 cm³/mol. The molecule has 0 heteroatoms. The van der Waals surface area contributed by atoms with Crippen molar-refractivity contribution in [3.05, 3.63) is 109 Å². The van der Waals surface area contributed by atoms with E-state index < -0.39 is 0 Å². The van der Waals surface area contributed by atoms with Gasteiger partial charge < -0.3 is 0 Å². The van der Waals surface area contributed by atoms with E-state index in [4.69, 9.17) is 0 Å². The summed E-state index contributed by atoms with van der Waals surface area (Å²) in [6.07, 6.45) is 0. The summed E-state index contributed by atoms with van der Waals surface area (Å²) in [4.78, 5) is 0. The smallest absolute Gasteiger partial charge is 0.00264 e. The molecule has 0 heterocycles. The molecule has 0 aromatic heterocycles. The number of benzene rings is 6. The zero-order chi connectivity index (χ0) is 21.9. The fraction of sp³-hybridized carbons (Fsp3) is 0.125. The molecule has 0 atom stereocenters. The first-order valence-corrected chi connectivity index (χ1v) is 11.4. The second kappa shape index (κ2) is 6.93. The molecule has 0 saturated heterocycles. The maximum Gasteiger partial charge on any atom is -0.00264 e. The van der Waals surface area contributed by atoms with E-state index in [9.17, 15) is 0 Å². The van der Waals surface area contributed by atoms with Gasteiger partial charge in [0.1, 0.15) is 0 Å². The van der Waals surface area contributed by atoms with E-state index in [1.54, 1.807) is 0 Å². The van der Waals surface area contributed by atoms with Crippen LogP contribution in [-0.2, 0) is 5.41 Å². The molecule has 0 aliphatic heterocycles. The Hall–Kier alpha value is -3.64. The summed E-state index contributed by atoms with van der Waals surface area (Å²) in [5, 5.41) is 8.05. The fourth-order valence-corrected chi connectivity index (χ4v) is 5.03. The molecule has 0 fully saturated rings. The molecule has 154 valence electrons. The molecule has 0 bridgehead atoms. The first kappa shape index (κ1) is 19.1. The molecule has 0 saturated carbocycles. The lowest BCUT2D eigenvalue weighted by Crippen LogP contribution is -2.10. The zero-order valence-corrected chi connectivity index (χ0v) is 18.8. The Bertz CT molecular complexity index is 1510. The molecule has 0 aliphatic carbocycles. The molecule has 32 heavy (non-hydrogen) atoms. The van der Waals surface area contributed by atoms with Crippen LogP contribution in [0, 0.1) is 0 Å². The largest absolute Gasteiger partial charge is 0.0622 e. The van der Waals surface area contributed by atoms with Crippen LogP contribution in [0.1, 0.15) is 26.3 Å². The third kappa shape index (κ3) is 2.99. The SMILES string of the molecule is CC(C)(C)c1cc2ccc3cc(-c4ccccc4-c4ccccc4)cc4ccc(c1)c2c34. The van der Waals surface area contributed by atoms with Crippen LogP contribution < -0.4 is 0 Å². The number of rotatable bonds is 2. The molecule has 0 radical (unpaired) electrons. The van der Waals surface area contributed by atoms with Gasteiger partial charge in [-0.1, -0.05) is 112 Å². The molecular weight excluding hydrogens is 384 g/mol. The van der Waals surface area contributed by atoms with Gasteiger partial charge in [0.2, 0.25) is 0 Å². The lowest BCUT2D eigenvalue weighted by atomic mass is 9.83. The van der Waals surface area contributed by atoms with Crippen molar-refractivity contribution in [2.24, 2.45) is 0 Å². The second-order valence-corrected chi connectivity index (χ2v) is 9.89. The lowest BCUT2D eigenvalue weighted by Gasteiger charge is -2.21. The van der Waals surface area contributed by atoms with Crippen LogP contribution in [0.25, 0.3) is 54.6 Å². The molecular formula is C32H26. The van der Waals surface area contributed by atoms with Gasteiger partial charge in [-0.25, -0.2) is 0 Å². The van der Waals surface area contributed by atoms with E-state index in [2.05, 4.69) is 124 Å². The van der Waals surface area contributed by atoms with Crippen LogP contribution in [0.15, 0.2) is 103 Å². The van der Waals surface area contributed by atoms with E-state index in [1.165, 1.54) is 60.1 Å². The van der Waals surface area contributed by atoms with Crippen molar-refractivity contribution in [3.8, 4) is 22.3 Å². The Morgan fingerprint density at radius 1 is 0.438 bits per heavy atom. The molecule has 0 nitrogen and oxygen atoms in total. The van der Waals surface area contributed by atoms with Crippen molar-refractivity contribution >= 4 is 32.3 Å². The van der Waals surface area contributed by atoms with Gasteiger partial charge in [-0.2, -0.15) is 0 Å². The first-order valence-electron chi connectivity index (χ1n) is 11.4. The third-order valence-corrected chi connectivity index (χ3v) is 6.72. The third-order valence-electron chi connectivity index (χ3n) is 6.72. The minimum Gasteiger partial charge on any atom is -0.0622 e. The van der Waals surface area contributed by atoms with Crippen molar-refractivity contribution < 1.29 is 0 Å². The summed E-state index contributed by atoms with van der Waals surface area (Å²) in [6.45, 7) is 6.86. The maximum absolute atomic E-state index is 2.37. The zero-order valence-electron chi connectivity index (χ0n) is 18.8. The quantitative estimate of drug-likeness (QED) is 0.250. The van der Waals surface area contributed by atoms with Crippen molar-refractivity contribution in [2.75, 3.05) is 0 Å². The predicted octanol–water partition coefficient (Wildman–Crippen LogP) is 9.22. The van der Waals surface area contributed by atoms with E-state index in [0.29, 0.717) is 0 Å². The van der Waals surface area contributed by atoms with Gasteiger partial charge >= 0.3 is 0 Å². The Kier molecular flexibility index (Phi) is 4.13. The first-order chi connectivity index (χ1) is 15.5. The van der Waals surface area contributed by atoms with E-state index >= 15 is 0 Å². The minimum absolute atomic E-state index is 0.138. The van der Waals surface area contributed by atoms with Crippen LogP contribution in [0.4, 0.5) is 0 Å². The van der Waals surface area contributed by atoms with Crippen molar-refractivity contribution in [1.29, 1.82) is 0 Å². The fourth-order valence-electron chi connectivity index (χ4n) is 5.03. The molecule has 0 aliphatic rings. The second-order valence-electron chi connectivity index (χ2n) is 9.89. The van der Waals surface area contributed by atoms with Gasteiger partial charge in [-0.05, 0) is 77.7 Å². The van der Waals surface area contributed by atoms with Gasteiger partial charge in [0.25, 0.3) is 0 Å². The Labute approximate surface area is 189 Å². The van der Waals surface area contributed by atoms with Gasteiger partial charge in [-0.3, -0.25) is 0 Å². The Balaban J connectivity index is 1.62. The Morgan fingerprint density at radius 2 is 0.875 bits per heavy atom. The minimum atomic E-state index is 0.138. The monoisotopic (exact) mass is 410 g/mol. The van der Waals surface area contributed by atoms with Crippen molar-refractivity contribution in [2.45, 2.75) is 26.2 Å². The van der Waals surface area contributed by atoms with Gasteiger partial charge in [0, 0.05) is 0 Å². The van der Waals surface area contributed by atoms with Crippen molar-refractivity contribution in [1.82, 2.24) is 0 Å². The van der Waals surface area contributed by atoms with Gasteiger partial charge in [0.15, 0.2) is 0 Å². The number of hydrogen-bond donors (Lipinski definition) is 0. The highest BCUT2D eigenvalue weighted by Gasteiger charge is 2.17. The lowest BCUT2D eigenvalue weighted by molar-refractivity contribution is 0.591. The average molecular weight is 411 g/mol. The average Bonchev–Trinajstić information content (AvgIpc) is 2.82. The highest BCUT2D eigenvalue weighted by Crippen LogP contribution is 2.41. The Morgan fingerprint density at radius 3 is 1.38 bits per heavy atom. The van der Waals surface area contributed by atoms with E-state index in [1.807, 2.05) is 0 Å². The number of hydrogen-bond acceptors (Lipinski definition) is 0. The van der Waals surface area contributed by atoms with Crippen molar-refractivity contribution in [3.63, 3.8) is 0 Å². The summed E-state index contributed by atoms with van der Waals surface area (Å²) >= 11 is 0. The molecule has 6 rings (SSSR count). The highest BCUT2D eigenvalue weighted by atomic mass is 14.2. The molecule has 6 aromatic rings. The molecule has 6 aromatic carbocycles. The molecule has 0 amide bonds. The van der Waals surface area contributed by atoms with Crippen LogP contribution in [0.5, 0.6) is 0 Å². The summed E-state index contributed by atoms with van der Waals surface area (Å²) in [5.74, 6) is 0. The van der Waals surface area contributed by atoms with Gasteiger partial charge in [0.05, 0.1) is 0 Å². The summed E-state index contributed by atoms with van der Waals surface area (Å²) in [7, 11) is 0. The standard InChI is InChI=1S/C32H26/c1-32(2,3)27-19-24-15-13-22-17-26(18-23-14-16-25(20-27)31(24)30(22)23)29-12-8-7-11-28(29)21-9-5-4-6-10-21/h4-20H,1-3H3. The topological polar surface area (TPSA) is 0 Å². The normalized spacial score (nSPS) is 12.2. The van der Waals surface area contributed by atoms with E-state index in [-0.39, 0.29) is 5.41 Å². The van der Waals surface area contributed by atoms with Gasteiger partial charge in [-0.15, -0.1) is 0 Å². The maximum atomic E-state index is 2.37. The van der Waals surface area contributed by atoms with Crippen LogP contribution in [0.2, 0.25) is 0 Å². The molecule has 0 N–H and O–H groups in total. The summed E-state index contributed by atoms with van der Waals surface area (Å²) < 4.78 is 0. The molecule has 0 unspecified atom stereocenters. The van der Waals surface area contributed by atoms with Crippen LogP contribution in [0.3, 0.4) is 0 Å². The molecule has 0 spiro atoms. The summed E-state index contributed by atoms with van der Waals surface area (Å²) in [5.41, 5.74) is 6.60.